The molecule has 1 aromatic rings. The summed E-state index contributed by atoms with van der Waals surface area (Å²) >= 11 is 0. The van der Waals surface area contributed by atoms with Gasteiger partial charge in [-0.3, -0.25) is 9.59 Å². The van der Waals surface area contributed by atoms with Crippen LogP contribution in [0.3, 0.4) is 0 Å². The van der Waals surface area contributed by atoms with Crippen molar-refractivity contribution in [3.05, 3.63) is 35.6 Å². The highest BCUT2D eigenvalue weighted by atomic mass is 19.1. The summed E-state index contributed by atoms with van der Waals surface area (Å²) in [5, 5.41) is 0. The maximum atomic E-state index is 13.8. The van der Waals surface area contributed by atoms with Gasteiger partial charge in [0.2, 0.25) is 11.8 Å². The fourth-order valence-electron chi connectivity index (χ4n) is 3.66. The van der Waals surface area contributed by atoms with Crippen LogP contribution in [0.15, 0.2) is 24.3 Å². The zero-order valence-electron chi connectivity index (χ0n) is 15.9. The maximum Gasteiger partial charge on any atom is 0.248 e. The van der Waals surface area contributed by atoms with Gasteiger partial charge in [0.1, 0.15) is 18.0 Å². The van der Waals surface area contributed by atoms with Crippen molar-refractivity contribution in [2.45, 2.75) is 38.3 Å². The summed E-state index contributed by atoms with van der Waals surface area (Å²) < 4.78 is 25.3. The van der Waals surface area contributed by atoms with Gasteiger partial charge in [0.05, 0.1) is 26.3 Å². The lowest BCUT2D eigenvalue weighted by atomic mass is 10.00. The van der Waals surface area contributed by atoms with E-state index in [0.717, 1.165) is 0 Å². The Bertz CT molecular complexity index is 696. The third kappa shape index (κ3) is 4.65. The molecule has 0 N–H and O–H groups in total. The fourth-order valence-corrected chi connectivity index (χ4v) is 3.66. The molecule has 2 fully saturated rings. The Hall–Kier alpha value is -1.99. The van der Waals surface area contributed by atoms with Gasteiger partial charge in [-0.15, -0.1) is 0 Å². The Balaban J connectivity index is 1.65. The lowest BCUT2D eigenvalue weighted by Crippen LogP contribution is -2.60. The van der Waals surface area contributed by atoms with Crippen molar-refractivity contribution in [2.24, 2.45) is 0 Å². The van der Waals surface area contributed by atoms with Crippen molar-refractivity contribution in [1.82, 2.24) is 9.80 Å². The molecule has 1 spiro atoms. The van der Waals surface area contributed by atoms with E-state index < -0.39 is 5.60 Å². The first kappa shape index (κ1) is 19.8. The number of ether oxygens (including phenoxy) is 2. The summed E-state index contributed by atoms with van der Waals surface area (Å²) in [6.45, 7) is 5.89. The van der Waals surface area contributed by atoms with Gasteiger partial charge in [-0.1, -0.05) is 18.2 Å². The second-order valence-electron chi connectivity index (χ2n) is 7.55. The fraction of sp³-hybridized carbons (Fsp3) is 0.600. The molecule has 0 radical (unpaired) electrons. The molecule has 1 unspecified atom stereocenters. The minimum Gasteiger partial charge on any atom is -0.368 e. The zero-order valence-corrected chi connectivity index (χ0v) is 15.9. The van der Waals surface area contributed by atoms with Crippen molar-refractivity contribution in [2.75, 3.05) is 39.5 Å². The molecule has 2 amide bonds. The van der Waals surface area contributed by atoms with Crippen molar-refractivity contribution in [1.29, 1.82) is 0 Å². The number of carbonyl (C=O) groups excluding carboxylic acids is 2. The van der Waals surface area contributed by atoms with Crippen LogP contribution in [0.5, 0.6) is 0 Å². The third-order valence-electron chi connectivity index (χ3n) is 5.16. The monoisotopic (exact) mass is 378 g/mol. The van der Waals surface area contributed by atoms with Crippen molar-refractivity contribution in [3.63, 3.8) is 0 Å². The van der Waals surface area contributed by atoms with E-state index in [1.807, 2.05) is 13.8 Å². The number of aryl methyl sites for hydroxylation is 1. The lowest BCUT2D eigenvalue weighted by Gasteiger charge is -2.44. The van der Waals surface area contributed by atoms with Gasteiger partial charge in [0.25, 0.3) is 0 Å². The smallest absolute Gasteiger partial charge is 0.248 e. The minimum atomic E-state index is -0.706. The van der Waals surface area contributed by atoms with Crippen LogP contribution in [0.2, 0.25) is 0 Å². The Kier molecular flexibility index (Phi) is 6.11. The molecule has 2 heterocycles. The summed E-state index contributed by atoms with van der Waals surface area (Å²) in [6.07, 6.45) is 0.605. The van der Waals surface area contributed by atoms with E-state index in [9.17, 15) is 14.0 Å². The second-order valence-corrected chi connectivity index (χ2v) is 7.55. The van der Waals surface area contributed by atoms with Gasteiger partial charge in [-0.25, -0.2) is 4.39 Å². The molecule has 0 saturated carbocycles. The molecule has 7 heteroatoms. The molecule has 148 valence electrons. The van der Waals surface area contributed by atoms with E-state index in [-0.39, 0.29) is 43.3 Å². The van der Waals surface area contributed by atoms with E-state index in [2.05, 4.69) is 0 Å². The first-order valence-corrected chi connectivity index (χ1v) is 9.42. The molecule has 0 aliphatic carbocycles. The van der Waals surface area contributed by atoms with Crippen LogP contribution >= 0.6 is 0 Å². The highest BCUT2D eigenvalue weighted by molar-refractivity contribution is 5.78. The average molecular weight is 378 g/mol. The normalized spacial score (nSPS) is 23.8. The minimum absolute atomic E-state index is 0.0323. The quantitative estimate of drug-likeness (QED) is 0.799. The number of benzene rings is 1. The number of nitrogens with zero attached hydrogens (tertiary/aromatic N) is 2. The first-order valence-electron chi connectivity index (χ1n) is 9.42. The molecular formula is C20H27FN2O4. The van der Waals surface area contributed by atoms with E-state index in [1.165, 1.54) is 6.07 Å². The maximum absolute atomic E-state index is 13.8. The van der Waals surface area contributed by atoms with Gasteiger partial charge in [-0.2, -0.15) is 0 Å². The van der Waals surface area contributed by atoms with Crippen LogP contribution in [0.1, 0.15) is 25.8 Å². The topological polar surface area (TPSA) is 59.1 Å². The zero-order chi connectivity index (χ0) is 19.4. The lowest BCUT2D eigenvalue weighted by molar-refractivity contribution is -0.162. The van der Waals surface area contributed by atoms with Crippen LogP contribution in [-0.4, -0.2) is 72.7 Å². The highest BCUT2D eigenvalue weighted by Crippen LogP contribution is 2.25. The Morgan fingerprint density at radius 1 is 1.30 bits per heavy atom. The molecule has 3 rings (SSSR count). The number of halogens is 1. The first-order chi connectivity index (χ1) is 12.9. The predicted octanol–water partition coefficient (Wildman–Crippen LogP) is 1.62. The molecule has 2 aliphatic heterocycles. The molecule has 2 aliphatic rings. The molecule has 1 atom stereocenters. The van der Waals surface area contributed by atoms with E-state index >= 15 is 0 Å². The number of morpholine rings is 1. The Morgan fingerprint density at radius 3 is 2.81 bits per heavy atom. The number of carbonyl (C=O) groups is 2. The molecule has 6 nitrogen and oxygen atoms in total. The number of hydrogen-bond acceptors (Lipinski definition) is 4. The molecule has 2 saturated heterocycles. The van der Waals surface area contributed by atoms with Gasteiger partial charge in [0, 0.05) is 19.0 Å². The van der Waals surface area contributed by atoms with Crippen molar-refractivity contribution >= 4 is 11.8 Å². The van der Waals surface area contributed by atoms with E-state index in [1.54, 1.807) is 28.0 Å². The van der Waals surface area contributed by atoms with Crippen LogP contribution in [0.4, 0.5) is 4.39 Å². The summed E-state index contributed by atoms with van der Waals surface area (Å²) in [6, 6.07) is 6.55. The van der Waals surface area contributed by atoms with Crippen LogP contribution in [0, 0.1) is 5.82 Å². The van der Waals surface area contributed by atoms with E-state index in [4.69, 9.17) is 9.47 Å². The summed E-state index contributed by atoms with van der Waals surface area (Å²) in [7, 11) is 0. The predicted molar refractivity (Wildman–Crippen MR) is 97.7 cm³/mol. The molecule has 27 heavy (non-hydrogen) atoms. The number of rotatable bonds is 4. The van der Waals surface area contributed by atoms with Crippen LogP contribution in [0.25, 0.3) is 0 Å². The molecule has 1 aromatic carbocycles. The summed E-state index contributed by atoms with van der Waals surface area (Å²) in [4.78, 5) is 28.4. The molecular weight excluding hydrogens is 351 g/mol. The van der Waals surface area contributed by atoms with Gasteiger partial charge < -0.3 is 19.3 Å². The molecule has 0 aromatic heterocycles. The Morgan fingerprint density at radius 2 is 2.07 bits per heavy atom. The van der Waals surface area contributed by atoms with Gasteiger partial charge in [0.15, 0.2) is 0 Å². The highest BCUT2D eigenvalue weighted by Gasteiger charge is 2.43. The second kappa shape index (κ2) is 8.35. The van der Waals surface area contributed by atoms with Gasteiger partial charge >= 0.3 is 0 Å². The number of hydrogen-bond donors (Lipinski definition) is 0. The van der Waals surface area contributed by atoms with Crippen LogP contribution in [-0.2, 0) is 25.5 Å². The van der Waals surface area contributed by atoms with Gasteiger partial charge in [-0.05, 0) is 31.9 Å². The van der Waals surface area contributed by atoms with Crippen molar-refractivity contribution < 1.29 is 23.5 Å². The molecule has 0 bridgehead atoms. The third-order valence-corrected chi connectivity index (χ3v) is 5.16. The number of amides is 2. The Labute approximate surface area is 159 Å². The average Bonchev–Trinajstić information content (AvgIpc) is 2.80. The summed E-state index contributed by atoms with van der Waals surface area (Å²) in [5.41, 5.74) is -0.161. The largest absolute Gasteiger partial charge is 0.368 e. The van der Waals surface area contributed by atoms with Crippen LogP contribution < -0.4 is 0 Å². The van der Waals surface area contributed by atoms with Crippen molar-refractivity contribution in [3.8, 4) is 0 Å². The SMILES string of the molecule is CC(C)N1CC2(COCC1=O)CN(C(=O)CCc1ccccc1F)CCO2. The standard InChI is InChI=1S/C20H27FN2O4/c1-15(2)23-13-20(14-26-11-19(23)25)12-22(9-10-27-20)18(24)8-7-16-5-3-4-6-17(16)21/h3-6,15H,7-14H2,1-2H3. The summed E-state index contributed by atoms with van der Waals surface area (Å²) in [5.74, 6) is -0.381. The van der Waals surface area contributed by atoms with E-state index in [0.29, 0.717) is 38.2 Å².